The molecular weight excluding hydrogens is 306 g/mol. The summed E-state index contributed by atoms with van der Waals surface area (Å²) in [4.78, 5) is 12.6. The number of carbonyl (C=O) groups excluding carboxylic acids is 1. The number of hydrogen-bond donors (Lipinski definition) is 0. The van der Waals surface area contributed by atoms with Gasteiger partial charge in [0.1, 0.15) is 0 Å². The maximum Gasteiger partial charge on any atom is 0.203 e. The molecule has 0 saturated carbocycles. The highest BCUT2D eigenvalue weighted by Crippen LogP contribution is 2.36. The zero-order valence-electron chi connectivity index (χ0n) is 13.9. The number of rotatable bonds is 6. The van der Waals surface area contributed by atoms with Crippen LogP contribution in [0, 0.1) is 0 Å². The molecule has 0 spiro atoms. The van der Waals surface area contributed by atoms with Gasteiger partial charge in [-0.15, -0.1) is 0 Å². The van der Waals surface area contributed by atoms with E-state index in [1.165, 1.54) is 0 Å². The van der Waals surface area contributed by atoms with Gasteiger partial charge < -0.3 is 18.8 Å². The normalized spacial score (nSPS) is 10.6. The van der Waals surface area contributed by atoms with Crippen LogP contribution in [0.25, 0.3) is 10.9 Å². The zero-order chi connectivity index (χ0) is 17.1. The number of aromatic nitrogens is 1. The average molecular weight is 325 g/mol. The van der Waals surface area contributed by atoms with Crippen molar-refractivity contribution in [3.8, 4) is 17.2 Å². The number of benzene rings is 2. The van der Waals surface area contributed by atoms with Gasteiger partial charge in [0.25, 0.3) is 0 Å². The number of methoxy groups -OCH3 is 2. The Bertz CT molecular complexity index is 860. The first-order valence-electron chi connectivity index (χ1n) is 7.56. The van der Waals surface area contributed by atoms with Gasteiger partial charge in [0.2, 0.25) is 11.5 Å². The molecule has 0 aliphatic carbocycles. The average Bonchev–Trinajstić information content (AvgIpc) is 2.96. The summed E-state index contributed by atoms with van der Waals surface area (Å²) >= 11 is 0. The highest BCUT2D eigenvalue weighted by atomic mass is 16.5. The second kappa shape index (κ2) is 6.66. The first kappa shape index (κ1) is 15.9. The highest BCUT2D eigenvalue weighted by Gasteiger charge is 2.17. The van der Waals surface area contributed by atoms with Crippen LogP contribution in [-0.2, 0) is 7.05 Å². The lowest BCUT2D eigenvalue weighted by Gasteiger charge is -2.13. The Kier molecular flexibility index (Phi) is 4.42. The van der Waals surface area contributed by atoms with Crippen LogP contribution in [0.5, 0.6) is 17.2 Å². The SMILES string of the molecule is COc1cccc(OC)c1OCC(=O)c1cn(C)c2ccccc12. The maximum atomic E-state index is 12.6. The van der Waals surface area contributed by atoms with Crippen molar-refractivity contribution in [2.75, 3.05) is 20.8 Å². The summed E-state index contributed by atoms with van der Waals surface area (Å²) in [6.45, 7) is -0.0925. The van der Waals surface area contributed by atoms with E-state index in [0.717, 1.165) is 10.9 Å². The van der Waals surface area contributed by atoms with Gasteiger partial charge in [0, 0.05) is 29.7 Å². The number of Topliss-reactive ketones (excluding diaryl/α,β-unsaturated/α-hetero) is 1. The van der Waals surface area contributed by atoms with Crippen molar-refractivity contribution < 1.29 is 19.0 Å². The van der Waals surface area contributed by atoms with E-state index >= 15 is 0 Å². The molecule has 5 heteroatoms. The second-order valence-electron chi connectivity index (χ2n) is 5.37. The van der Waals surface area contributed by atoms with Gasteiger partial charge >= 0.3 is 0 Å². The van der Waals surface area contributed by atoms with Gasteiger partial charge in [-0.25, -0.2) is 0 Å². The summed E-state index contributed by atoms with van der Waals surface area (Å²) in [5.41, 5.74) is 1.65. The highest BCUT2D eigenvalue weighted by molar-refractivity contribution is 6.08. The minimum absolute atomic E-state index is 0.0925. The number of fused-ring (bicyclic) bond motifs is 1. The Morgan fingerprint density at radius 3 is 2.33 bits per heavy atom. The van der Waals surface area contributed by atoms with Crippen LogP contribution < -0.4 is 14.2 Å². The number of carbonyl (C=O) groups is 1. The largest absolute Gasteiger partial charge is 0.493 e. The van der Waals surface area contributed by atoms with Crippen LogP contribution >= 0.6 is 0 Å². The van der Waals surface area contributed by atoms with E-state index < -0.39 is 0 Å². The Hall–Kier alpha value is -2.95. The van der Waals surface area contributed by atoms with Gasteiger partial charge in [-0.05, 0) is 18.2 Å². The third-order valence-electron chi connectivity index (χ3n) is 3.93. The first-order chi connectivity index (χ1) is 11.7. The molecule has 2 aromatic carbocycles. The molecule has 3 aromatic rings. The van der Waals surface area contributed by atoms with E-state index in [-0.39, 0.29) is 12.4 Å². The number of ether oxygens (including phenoxy) is 3. The molecule has 1 aromatic heterocycles. The molecule has 0 N–H and O–H groups in total. The van der Waals surface area contributed by atoms with Crippen molar-refractivity contribution in [3.63, 3.8) is 0 Å². The topological polar surface area (TPSA) is 49.7 Å². The predicted molar refractivity (Wildman–Crippen MR) is 92.3 cm³/mol. The quantitative estimate of drug-likeness (QED) is 0.651. The van der Waals surface area contributed by atoms with Gasteiger partial charge in [-0.2, -0.15) is 0 Å². The van der Waals surface area contributed by atoms with Crippen LogP contribution in [-0.4, -0.2) is 31.2 Å². The number of hydrogen-bond acceptors (Lipinski definition) is 4. The van der Waals surface area contributed by atoms with Crippen molar-refractivity contribution in [1.82, 2.24) is 4.57 Å². The first-order valence-corrected chi connectivity index (χ1v) is 7.56. The molecule has 0 amide bonds. The molecule has 0 radical (unpaired) electrons. The van der Waals surface area contributed by atoms with E-state index in [2.05, 4.69) is 0 Å². The van der Waals surface area contributed by atoms with Crippen molar-refractivity contribution in [2.45, 2.75) is 0 Å². The number of ketones is 1. The van der Waals surface area contributed by atoms with E-state index in [1.54, 1.807) is 32.4 Å². The Morgan fingerprint density at radius 1 is 1.00 bits per heavy atom. The van der Waals surface area contributed by atoms with E-state index in [0.29, 0.717) is 22.8 Å². The van der Waals surface area contributed by atoms with Crippen LogP contribution in [0.15, 0.2) is 48.7 Å². The molecule has 1 heterocycles. The molecule has 0 aliphatic heterocycles. The Morgan fingerprint density at radius 2 is 1.67 bits per heavy atom. The summed E-state index contributed by atoms with van der Waals surface area (Å²) in [5.74, 6) is 1.39. The lowest BCUT2D eigenvalue weighted by atomic mass is 10.1. The van der Waals surface area contributed by atoms with Gasteiger partial charge in [0.15, 0.2) is 18.1 Å². The minimum atomic E-state index is -0.0974. The third-order valence-corrected chi connectivity index (χ3v) is 3.93. The van der Waals surface area contributed by atoms with Gasteiger partial charge in [0.05, 0.1) is 14.2 Å². The smallest absolute Gasteiger partial charge is 0.203 e. The number of para-hydroxylation sites is 2. The third kappa shape index (κ3) is 2.80. The second-order valence-corrected chi connectivity index (χ2v) is 5.37. The predicted octanol–water partition coefficient (Wildman–Crippen LogP) is 3.46. The fourth-order valence-corrected chi connectivity index (χ4v) is 2.74. The Balaban J connectivity index is 1.86. The molecule has 5 nitrogen and oxygen atoms in total. The summed E-state index contributed by atoms with van der Waals surface area (Å²) < 4.78 is 18.2. The molecule has 24 heavy (non-hydrogen) atoms. The number of aryl methyl sites for hydroxylation is 1. The van der Waals surface area contributed by atoms with Crippen LogP contribution in [0.2, 0.25) is 0 Å². The van der Waals surface area contributed by atoms with Crippen LogP contribution in [0.1, 0.15) is 10.4 Å². The van der Waals surface area contributed by atoms with E-state index in [4.69, 9.17) is 14.2 Å². The van der Waals surface area contributed by atoms with Crippen LogP contribution in [0.3, 0.4) is 0 Å². The summed E-state index contributed by atoms with van der Waals surface area (Å²) in [7, 11) is 5.02. The summed E-state index contributed by atoms with van der Waals surface area (Å²) in [6, 6.07) is 13.1. The molecule has 0 fully saturated rings. The van der Waals surface area contributed by atoms with Crippen molar-refractivity contribution >= 4 is 16.7 Å². The molecule has 124 valence electrons. The van der Waals surface area contributed by atoms with Crippen LogP contribution in [0.4, 0.5) is 0 Å². The number of nitrogens with zero attached hydrogens (tertiary/aromatic N) is 1. The zero-order valence-corrected chi connectivity index (χ0v) is 13.9. The molecule has 3 rings (SSSR count). The Labute approximate surface area is 140 Å². The van der Waals surface area contributed by atoms with Crippen molar-refractivity contribution in [2.24, 2.45) is 7.05 Å². The van der Waals surface area contributed by atoms with Gasteiger partial charge in [-0.1, -0.05) is 24.3 Å². The van der Waals surface area contributed by atoms with Gasteiger partial charge in [-0.3, -0.25) is 4.79 Å². The summed E-state index contributed by atoms with van der Waals surface area (Å²) in [6.07, 6.45) is 1.83. The standard InChI is InChI=1S/C19H19NO4/c1-20-11-14(13-7-4-5-8-15(13)20)16(21)12-24-19-17(22-2)9-6-10-18(19)23-3/h4-11H,12H2,1-3H3. The van der Waals surface area contributed by atoms with E-state index in [1.807, 2.05) is 42.1 Å². The lowest BCUT2D eigenvalue weighted by Crippen LogP contribution is -2.12. The molecule has 0 atom stereocenters. The van der Waals surface area contributed by atoms with Crippen molar-refractivity contribution in [3.05, 3.63) is 54.2 Å². The fraction of sp³-hybridized carbons (Fsp3) is 0.211. The van der Waals surface area contributed by atoms with E-state index in [9.17, 15) is 4.79 Å². The fourth-order valence-electron chi connectivity index (χ4n) is 2.74. The lowest BCUT2D eigenvalue weighted by molar-refractivity contribution is 0.0918. The van der Waals surface area contributed by atoms with Crippen molar-refractivity contribution in [1.29, 1.82) is 0 Å². The monoisotopic (exact) mass is 325 g/mol. The minimum Gasteiger partial charge on any atom is -0.493 e. The summed E-state index contributed by atoms with van der Waals surface area (Å²) in [5, 5.41) is 0.917. The maximum absolute atomic E-state index is 12.6. The molecule has 0 bridgehead atoms. The molecule has 0 unspecified atom stereocenters. The molecule has 0 saturated heterocycles. The molecular formula is C19H19NO4. The molecule has 0 aliphatic rings.